The first-order valence-corrected chi connectivity index (χ1v) is 10.5. The van der Waals surface area contributed by atoms with Gasteiger partial charge in [0, 0.05) is 42.8 Å². The molecule has 6 nitrogen and oxygen atoms in total. The number of halogens is 1. The minimum Gasteiger partial charge on any atom is -0.467 e. The van der Waals surface area contributed by atoms with Crippen LogP contribution in [-0.4, -0.2) is 49.4 Å². The van der Waals surface area contributed by atoms with Crippen LogP contribution in [0.15, 0.2) is 17.1 Å². The van der Waals surface area contributed by atoms with E-state index in [4.69, 9.17) is 14.5 Å². The number of likely N-dealkylation sites (tertiary alicyclic amines) is 1. The molecular weight excluding hydrogens is 359 g/mol. The molecule has 28 heavy (non-hydrogen) atoms. The average Bonchev–Trinajstić information content (AvgIpc) is 3.37. The molecule has 2 fully saturated rings. The lowest BCUT2D eigenvalue weighted by molar-refractivity contribution is -0.0172. The van der Waals surface area contributed by atoms with E-state index in [1.807, 2.05) is 0 Å². The molecule has 1 saturated heterocycles. The molecule has 154 valence electrons. The molecule has 0 radical (unpaired) electrons. The zero-order valence-corrected chi connectivity index (χ0v) is 16.7. The monoisotopic (exact) mass is 390 g/mol. The van der Waals surface area contributed by atoms with Crippen molar-refractivity contribution in [1.29, 1.82) is 0 Å². The van der Waals surface area contributed by atoms with Crippen LogP contribution in [0.1, 0.15) is 50.2 Å². The fourth-order valence-corrected chi connectivity index (χ4v) is 4.56. The first-order chi connectivity index (χ1) is 13.7. The van der Waals surface area contributed by atoms with E-state index in [2.05, 4.69) is 22.5 Å². The van der Waals surface area contributed by atoms with Crippen molar-refractivity contribution in [2.45, 2.75) is 64.3 Å². The van der Waals surface area contributed by atoms with Crippen LogP contribution in [-0.2, 0) is 17.9 Å². The van der Waals surface area contributed by atoms with Crippen molar-refractivity contribution < 1.29 is 13.9 Å². The molecule has 2 N–H and O–H groups in total. The van der Waals surface area contributed by atoms with Gasteiger partial charge in [-0.1, -0.05) is 12.8 Å². The quantitative estimate of drug-likeness (QED) is 0.598. The Hall–Kier alpha value is -1.86. The molecule has 2 aliphatic heterocycles. The molecule has 7 heteroatoms. The van der Waals surface area contributed by atoms with Crippen LogP contribution in [0.4, 0.5) is 4.39 Å². The number of aliphatic imine (C=N–C) groups is 1. The zero-order valence-electron chi connectivity index (χ0n) is 16.7. The lowest BCUT2D eigenvalue weighted by Crippen LogP contribution is -2.45. The second-order valence-electron chi connectivity index (χ2n) is 7.92. The predicted molar refractivity (Wildman–Crippen MR) is 107 cm³/mol. The number of rotatable bonds is 5. The minimum absolute atomic E-state index is 0.201. The van der Waals surface area contributed by atoms with Crippen molar-refractivity contribution in [3.05, 3.63) is 29.1 Å². The summed E-state index contributed by atoms with van der Waals surface area (Å²) in [7, 11) is 0. The summed E-state index contributed by atoms with van der Waals surface area (Å²) in [6.45, 7) is 6.03. The summed E-state index contributed by atoms with van der Waals surface area (Å²) in [5.74, 6) is 1.21. The standard InChI is InChI=1S/C21H31FN4O2/c1-2-23-21(25-18-7-8-26(12-18)19-5-3-4-6-19)24-11-15-9-17(22)10-16-13-27-14-28-20(15)16/h9-10,18-19H,2-8,11-14H2,1H3,(H2,23,24,25). The molecular formula is C21H31FN4O2. The zero-order chi connectivity index (χ0) is 19.3. The highest BCUT2D eigenvalue weighted by atomic mass is 19.1. The summed E-state index contributed by atoms with van der Waals surface area (Å²) >= 11 is 0. The van der Waals surface area contributed by atoms with Crippen molar-refractivity contribution >= 4 is 5.96 Å². The molecule has 1 unspecified atom stereocenters. The number of nitrogens with one attached hydrogen (secondary N) is 2. The number of fused-ring (bicyclic) bond motifs is 1. The molecule has 1 aromatic carbocycles. The first-order valence-electron chi connectivity index (χ1n) is 10.5. The molecule has 1 aromatic rings. The second kappa shape index (κ2) is 9.09. The number of ether oxygens (including phenoxy) is 2. The van der Waals surface area contributed by atoms with Gasteiger partial charge in [0.15, 0.2) is 12.8 Å². The van der Waals surface area contributed by atoms with Crippen LogP contribution in [0.25, 0.3) is 0 Å². The Kier molecular flexibility index (Phi) is 6.32. The summed E-state index contributed by atoms with van der Waals surface area (Å²) < 4.78 is 24.8. The third-order valence-electron chi connectivity index (χ3n) is 5.91. The Morgan fingerprint density at radius 1 is 1.29 bits per heavy atom. The lowest BCUT2D eigenvalue weighted by atomic mass is 10.1. The molecule has 0 aromatic heterocycles. The number of hydrogen-bond donors (Lipinski definition) is 2. The van der Waals surface area contributed by atoms with Crippen LogP contribution < -0.4 is 15.4 Å². The number of benzene rings is 1. The van der Waals surface area contributed by atoms with Gasteiger partial charge < -0.3 is 20.1 Å². The van der Waals surface area contributed by atoms with Crippen molar-refractivity contribution in [3.63, 3.8) is 0 Å². The van der Waals surface area contributed by atoms with E-state index in [0.29, 0.717) is 24.9 Å². The smallest absolute Gasteiger partial charge is 0.191 e. The highest BCUT2D eigenvalue weighted by Crippen LogP contribution is 2.30. The third-order valence-corrected chi connectivity index (χ3v) is 5.91. The highest BCUT2D eigenvalue weighted by Gasteiger charge is 2.30. The third kappa shape index (κ3) is 4.58. The highest BCUT2D eigenvalue weighted by molar-refractivity contribution is 5.80. The fraction of sp³-hybridized carbons (Fsp3) is 0.667. The second-order valence-corrected chi connectivity index (χ2v) is 7.92. The predicted octanol–water partition coefficient (Wildman–Crippen LogP) is 2.76. The van der Waals surface area contributed by atoms with Crippen LogP contribution in [0.2, 0.25) is 0 Å². The van der Waals surface area contributed by atoms with Gasteiger partial charge in [0.05, 0.1) is 13.2 Å². The normalized spacial score (nSPS) is 23.5. The van der Waals surface area contributed by atoms with Crippen molar-refractivity contribution in [2.75, 3.05) is 26.4 Å². The molecule has 1 saturated carbocycles. The van der Waals surface area contributed by atoms with Crippen LogP contribution >= 0.6 is 0 Å². The molecule has 1 aliphatic carbocycles. The summed E-state index contributed by atoms with van der Waals surface area (Å²) in [5, 5.41) is 6.89. The summed E-state index contributed by atoms with van der Waals surface area (Å²) in [4.78, 5) is 7.34. The largest absolute Gasteiger partial charge is 0.467 e. The van der Waals surface area contributed by atoms with Crippen molar-refractivity contribution in [1.82, 2.24) is 15.5 Å². The van der Waals surface area contributed by atoms with Gasteiger partial charge in [-0.2, -0.15) is 0 Å². The summed E-state index contributed by atoms with van der Waals surface area (Å²) in [6, 6.07) is 4.16. The first kappa shape index (κ1) is 19.5. The van der Waals surface area contributed by atoms with Crippen LogP contribution in [0.5, 0.6) is 5.75 Å². The van der Waals surface area contributed by atoms with Crippen molar-refractivity contribution in [2.24, 2.45) is 4.99 Å². The molecule has 2 heterocycles. The van der Waals surface area contributed by atoms with Gasteiger partial charge in [-0.3, -0.25) is 4.90 Å². The topological polar surface area (TPSA) is 58.1 Å². The molecule has 4 rings (SSSR count). The van der Waals surface area contributed by atoms with Gasteiger partial charge >= 0.3 is 0 Å². The van der Waals surface area contributed by atoms with Gasteiger partial charge in [-0.15, -0.1) is 0 Å². The average molecular weight is 391 g/mol. The van der Waals surface area contributed by atoms with Gasteiger partial charge in [0.2, 0.25) is 0 Å². The van der Waals surface area contributed by atoms with Crippen LogP contribution in [0, 0.1) is 5.82 Å². The van der Waals surface area contributed by atoms with Gasteiger partial charge in [-0.25, -0.2) is 9.38 Å². The number of nitrogens with zero attached hydrogens (tertiary/aromatic N) is 2. The molecule has 0 bridgehead atoms. The molecule has 0 amide bonds. The van der Waals surface area contributed by atoms with E-state index in [0.717, 1.165) is 49.2 Å². The maximum atomic E-state index is 13.9. The van der Waals surface area contributed by atoms with E-state index < -0.39 is 0 Å². The van der Waals surface area contributed by atoms with Crippen LogP contribution in [0.3, 0.4) is 0 Å². The fourth-order valence-electron chi connectivity index (χ4n) is 4.56. The molecule has 1 atom stereocenters. The van der Waals surface area contributed by atoms with Gasteiger partial charge in [-0.05, 0) is 38.3 Å². The van der Waals surface area contributed by atoms with Gasteiger partial charge in [0.25, 0.3) is 0 Å². The maximum absolute atomic E-state index is 13.9. The maximum Gasteiger partial charge on any atom is 0.191 e. The minimum atomic E-state index is -0.279. The van der Waals surface area contributed by atoms with Crippen molar-refractivity contribution in [3.8, 4) is 5.75 Å². The Morgan fingerprint density at radius 2 is 2.14 bits per heavy atom. The van der Waals surface area contributed by atoms with E-state index in [1.165, 1.54) is 37.8 Å². The molecule has 0 spiro atoms. The Bertz CT molecular complexity index is 706. The summed E-state index contributed by atoms with van der Waals surface area (Å²) in [5.41, 5.74) is 1.51. The van der Waals surface area contributed by atoms with E-state index >= 15 is 0 Å². The number of guanidine groups is 1. The number of hydrogen-bond acceptors (Lipinski definition) is 4. The Morgan fingerprint density at radius 3 is 2.96 bits per heavy atom. The molecule has 3 aliphatic rings. The van der Waals surface area contributed by atoms with Gasteiger partial charge in [0.1, 0.15) is 11.6 Å². The lowest BCUT2D eigenvalue weighted by Gasteiger charge is -2.24. The SMILES string of the molecule is CCNC(=NCc1cc(F)cc2c1OCOC2)NC1CCN(C2CCCC2)C1. The van der Waals surface area contributed by atoms with E-state index in [9.17, 15) is 4.39 Å². The Labute approximate surface area is 166 Å². The summed E-state index contributed by atoms with van der Waals surface area (Å²) in [6.07, 6.45) is 6.56. The van der Waals surface area contributed by atoms with E-state index in [1.54, 1.807) is 0 Å². The van der Waals surface area contributed by atoms with E-state index in [-0.39, 0.29) is 12.6 Å². The Balaban J connectivity index is 1.41.